The first kappa shape index (κ1) is 16.9. The maximum Gasteiger partial charge on any atom is 0.317 e. The second-order valence-corrected chi connectivity index (χ2v) is 7.40. The lowest BCUT2D eigenvalue weighted by molar-refractivity contribution is 0.111. The number of urea groups is 1. The molecule has 5 nitrogen and oxygen atoms in total. The van der Waals surface area contributed by atoms with Crippen LogP contribution in [0.25, 0.3) is 0 Å². The summed E-state index contributed by atoms with van der Waals surface area (Å²) in [7, 11) is 1.78. The van der Waals surface area contributed by atoms with E-state index in [1.807, 2.05) is 12.1 Å². The largest absolute Gasteiger partial charge is 0.467 e. The molecule has 1 aliphatic rings. The van der Waals surface area contributed by atoms with E-state index in [2.05, 4.69) is 26.1 Å². The van der Waals surface area contributed by atoms with Crippen LogP contribution in [-0.4, -0.2) is 35.7 Å². The van der Waals surface area contributed by atoms with Gasteiger partial charge in [0.25, 0.3) is 0 Å². The molecule has 0 aromatic carbocycles. The van der Waals surface area contributed by atoms with Crippen molar-refractivity contribution in [2.24, 2.45) is 11.3 Å². The van der Waals surface area contributed by atoms with Gasteiger partial charge in [0, 0.05) is 19.5 Å². The van der Waals surface area contributed by atoms with E-state index in [9.17, 15) is 9.90 Å². The monoisotopic (exact) mass is 308 g/mol. The number of carbonyl (C=O) groups excluding carboxylic acids is 1. The fourth-order valence-electron chi connectivity index (χ4n) is 3.07. The van der Waals surface area contributed by atoms with Gasteiger partial charge >= 0.3 is 6.03 Å². The molecule has 0 unspecified atom stereocenters. The van der Waals surface area contributed by atoms with Crippen molar-refractivity contribution in [3.05, 3.63) is 24.2 Å². The highest BCUT2D eigenvalue weighted by molar-refractivity contribution is 5.74. The highest BCUT2D eigenvalue weighted by Crippen LogP contribution is 2.33. The fourth-order valence-corrected chi connectivity index (χ4v) is 3.07. The molecular weight excluding hydrogens is 280 g/mol. The van der Waals surface area contributed by atoms with E-state index >= 15 is 0 Å². The number of furan rings is 1. The van der Waals surface area contributed by atoms with E-state index in [0.717, 1.165) is 25.0 Å². The van der Waals surface area contributed by atoms with Crippen LogP contribution < -0.4 is 5.32 Å². The van der Waals surface area contributed by atoms with Gasteiger partial charge in [-0.15, -0.1) is 0 Å². The zero-order valence-electron chi connectivity index (χ0n) is 14.0. The Morgan fingerprint density at radius 3 is 2.73 bits per heavy atom. The standard InChI is InChI=1S/C17H28N2O3/c1-17(2,3)15(14-9-6-10-22-14)18-16(21)19(4)11-12-7-5-8-13(12)20/h6,9-10,12-13,15,20H,5,7-8,11H2,1-4H3,(H,18,21)/t12-,13-,15+/m0/s1. The maximum absolute atomic E-state index is 12.5. The Balaban J connectivity index is 1.98. The molecule has 0 spiro atoms. The Morgan fingerprint density at radius 1 is 1.50 bits per heavy atom. The molecule has 0 saturated heterocycles. The first-order valence-electron chi connectivity index (χ1n) is 8.02. The highest BCUT2D eigenvalue weighted by atomic mass is 16.3. The average Bonchev–Trinajstić information content (AvgIpc) is 3.07. The van der Waals surface area contributed by atoms with Crippen molar-refractivity contribution < 1.29 is 14.3 Å². The lowest BCUT2D eigenvalue weighted by Crippen LogP contribution is -2.45. The molecule has 1 aliphatic carbocycles. The van der Waals surface area contributed by atoms with Gasteiger partial charge in [-0.2, -0.15) is 0 Å². The van der Waals surface area contributed by atoms with Crippen molar-refractivity contribution in [3.63, 3.8) is 0 Å². The minimum absolute atomic E-state index is 0.129. The van der Waals surface area contributed by atoms with Gasteiger partial charge in [0.15, 0.2) is 0 Å². The van der Waals surface area contributed by atoms with Crippen molar-refractivity contribution in [3.8, 4) is 0 Å². The third kappa shape index (κ3) is 4.03. The van der Waals surface area contributed by atoms with Crippen molar-refractivity contribution in [1.29, 1.82) is 0 Å². The van der Waals surface area contributed by atoms with Crippen LogP contribution in [0.2, 0.25) is 0 Å². The van der Waals surface area contributed by atoms with E-state index in [0.29, 0.717) is 6.54 Å². The Kier molecular flexibility index (Phi) is 5.16. The molecule has 3 atom stereocenters. The molecule has 2 N–H and O–H groups in total. The molecule has 0 radical (unpaired) electrons. The minimum atomic E-state index is -0.279. The van der Waals surface area contributed by atoms with Crippen molar-refractivity contribution >= 4 is 6.03 Å². The molecule has 124 valence electrons. The number of aliphatic hydroxyl groups excluding tert-OH is 1. The number of carbonyl (C=O) groups is 1. The van der Waals surface area contributed by atoms with Crippen molar-refractivity contribution in [1.82, 2.24) is 10.2 Å². The van der Waals surface area contributed by atoms with Gasteiger partial charge in [-0.05, 0) is 30.4 Å². The molecule has 1 aromatic rings. The summed E-state index contributed by atoms with van der Waals surface area (Å²) in [5.41, 5.74) is -0.152. The molecule has 22 heavy (non-hydrogen) atoms. The zero-order chi connectivity index (χ0) is 16.3. The van der Waals surface area contributed by atoms with Gasteiger partial charge in [-0.1, -0.05) is 27.2 Å². The third-order valence-electron chi connectivity index (χ3n) is 4.44. The summed E-state index contributed by atoms with van der Waals surface area (Å²) in [5, 5.41) is 13.0. The SMILES string of the molecule is CN(C[C@@H]1CCC[C@@H]1O)C(=O)N[C@H](c1ccco1)C(C)(C)C. The predicted octanol–water partition coefficient (Wildman–Crippen LogP) is 3.17. The normalized spacial score (nSPS) is 23.3. The molecule has 1 saturated carbocycles. The summed E-state index contributed by atoms with van der Waals surface area (Å²) < 4.78 is 5.48. The molecular formula is C17H28N2O3. The molecule has 2 amide bonds. The maximum atomic E-state index is 12.5. The van der Waals surface area contributed by atoms with E-state index in [1.54, 1.807) is 18.2 Å². The van der Waals surface area contributed by atoms with Crippen LogP contribution in [0.1, 0.15) is 51.8 Å². The summed E-state index contributed by atoms with van der Waals surface area (Å²) in [5.74, 6) is 0.947. The van der Waals surface area contributed by atoms with Crippen LogP contribution in [0.4, 0.5) is 4.79 Å². The number of hydrogen-bond acceptors (Lipinski definition) is 3. The van der Waals surface area contributed by atoms with Crippen LogP contribution >= 0.6 is 0 Å². The Morgan fingerprint density at radius 2 is 2.23 bits per heavy atom. The van der Waals surface area contributed by atoms with Crippen LogP contribution in [0.5, 0.6) is 0 Å². The second-order valence-electron chi connectivity index (χ2n) is 7.40. The number of hydrogen-bond donors (Lipinski definition) is 2. The second kappa shape index (κ2) is 6.73. The first-order valence-corrected chi connectivity index (χ1v) is 8.02. The Labute approximate surface area is 132 Å². The molecule has 0 aliphatic heterocycles. The summed E-state index contributed by atoms with van der Waals surface area (Å²) in [6.07, 6.45) is 4.22. The number of amides is 2. The minimum Gasteiger partial charge on any atom is -0.467 e. The summed E-state index contributed by atoms with van der Waals surface area (Å²) in [6, 6.07) is 3.40. The van der Waals surface area contributed by atoms with E-state index in [1.165, 1.54) is 0 Å². The van der Waals surface area contributed by atoms with Gasteiger partial charge < -0.3 is 19.7 Å². The van der Waals surface area contributed by atoms with Gasteiger partial charge in [-0.25, -0.2) is 4.79 Å². The Hall–Kier alpha value is -1.49. The molecule has 0 bridgehead atoms. The molecule has 1 fully saturated rings. The van der Waals surface area contributed by atoms with E-state index < -0.39 is 0 Å². The van der Waals surface area contributed by atoms with Crippen molar-refractivity contribution in [2.45, 2.75) is 52.2 Å². The van der Waals surface area contributed by atoms with Gasteiger partial charge in [0.05, 0.1) is 18.4 Å². The van der Waals surface area contributed by atoms with Crippen LogP contribution in [0, 0.1) is 11.3 Å². The van der Waals surface area contributed by atoms with Gasteiger partial charge in [0.1, 0.15) is 5.76 Å². The van der Waals surface area contributed by atoms with Crippen molar-refractivity contribution in [2.75, 3.05) is 13.6 Å². The van der Waals surface area contributed by atoms with Gasteiger partial charge in [-0.3, -0.25) is 0 Å². The van der Waals surface area contributed by atoms with E-state index in [-0.39, 0.29) is 29.5 Å². The molecule has 5 heteroatoms. The average molecular weight is 308 g/mol. The zero-order valence-corrected chi connectivity index (χ0v) is 14.0. The summed E-state index contributed by atoms with van der Waals surface area (Å²) in [4.78, 5) is 14.1. The smallest absolute Gasteiger partial charge is 0.317 e. The molecule has 1 heterocycles. The first-order chi connectivity index (χ1) is 10.3. The molecule has 1 aromatic heterocycles. The van der Waals surface area contributed by atoms with Gasteiger partial charge in [0.2, 0.25) is 0 Å². The lowest BCUT2D eigenvalue weighted by atomic mass is 9.85. The number of nitrogens with one attached hydrogen (secondary N) is 1. The summed E-state index contributed by atoms with van der Waals surface area (Å²) in [6.45, 7) is 6.80. The number of rotatable bonds is 4. The fraction of sp³-hybridized carbons (Fsp3) is 0.706. The number of aliphatic hydroxyl groups is 1. The highest BCUT2D eigenvalue weighted by Gasteiger charge is 2.32. The quantitative estimate of drug-likeness (QED) is 0.898. The predicted molar refractivity (Wildman–Crippen MR) is 85.4 cm³/mol. The van der Waals surface area contributed by atoms with Crippen LogP contribution in [0.15, 0.2) is 22.8 Å². The molecule has 2 rings (SSSR count). The Bertz CT molecular complexity index is 479. The van der Waals surface area contributed by atoms with Crippen LogP contribution in [0.3, 0.4) is 0 Å². The summed E-state index contributed by atoms with van der Waals surface area (Å²) >= 11 is 0. The lowest BCUT2D eigenvalue weighted by Gasteiger charge is -2.32. The van der Waals surface area contributed by atoms with E-state index in [4.69, 9.17) is 4.42 Å². The third-order valence-corrected chi connectivity index (χ3v) is 4.44. The van der Waals surface area contributed by atoms with Crippen LogP contribution in [-0.2, 0) is 0 Å². The number of nitrogens with zero attached hydrogens (tertiary/aromatic N) is 1. The topological polar surface area (TPSA) is 65.7 Å².